The molecule has 15 heavy (non-hydrogen) atoms. The zero-order chi connectivity index (χ0) is 10.8. The highest BCUT2D eigenvalue weighted by Gasteiger charge is 2.36. The predicted octanol–water partition coefficient (Wildman–Crippen LogP) is 1.07. The van der Waals surface area contributed by atoms with Crippen LogP contribution in [0.4, 0.5) is 4.39 Å². The standard InChI is InChI=1S/C11H19FN2O/c12-9-6-14(7-9)11(15)10(13)8-4-2-1-3-5-8/h8-10H,1-7,13H2. The van der Waals surface area contributed by atoms with E-state index in [1.165, 1.54) is 19.3 Å². The first-order valence-corrected chi connectivity index (χ1v) is 5.87. The lowest BCUT2D eigenvalue weighted by molar-refractivity contribution is -0.141. The minimum Gasteiger partial charge on any atom is -0.335 e. The van der Waals surface area contributed by atoms with E-state index in [2.05, 4.69) is 0 Å². The number of amides is 1. The molecule has 1 unspecified atom stereocenters. The van der Waals surface area contributed by atoms with Crippen LogP contribution in [0.2, 0.25) is 0 Å². The van der Waals surface area contributed by atoms with E-state index in [0.717, 1.165) is 12.8 Å². The first kappa shape index (κ1) is 10.9. The van der Waals surface area contributed by atoms with Crippen molar-refractivity contribution in [3.05, 3.63) is 0 Å². The molecule has 2 aliphatic rings. The third-order valence-corrected chi connectivity index (χ3v) is 3.59. The lowest BCUT2D eigenvalue weighted by atomic mass is 9.83. The Labute approximate surface area is 89.8 Å². The van der Waals surface area contributed by atoms with Gasteiger partial charge in [-0.2, -0.15) is 0 Å². The van der Waals surface area contributed by atoms with Crippen molar-refractivity contribution in [2.24, 2.45) is 11.7 Å². The van der Waals surface area contributed by atoms with Crippen molar-refractivity contribution < 1.29 is 9.18 Å². The molecule has 3 nitrogen and oxygen atoms in total. The second kappa shape index (κ2) is 4.47. The molecule has 0 bridgehead atoms. The third kappa shape index (κ3) is 2.30. The molecule has 1 aliphatic carbocycles. The van der Waals surface area contributed by atoms with Gasteiger partial charge < -0.3 is 10.6 Å². The summed E-state index contributed by atoms with van der Waals surface area (Å²) in [5.41, 5.74) is 5.93. The second-order valence-corrected chi connectivity index (χ2v) is 4.76. The number of carbonyl (C=O) groups is 1. The van der Waals surface area contributed by atoms with Gasteiger partial charge >= 0.3 is 0 Å². The Kier molecular flexibility index (Phi) is 3.24. The highest BCUT2D eigenvalue weighted by atomic mass is 19.1. The summed E-state index contributed by atoms with van der Waals surface area (Å²) in [6.07, 6.45) is 4.90. The van der Waals surface area contributed by atoms with Crippen molar-refractivity contribution in [3.8, 4) is 0 Å². The maximum absolute atomic E-state index is 12.6. The van der Waals surface area contributed by atoms with E-state index in [0.29, 0.717) is 5.92 Å². The van der Waals surface area contributed by atoms with E-state index in [1.54, 1.807) is 4.90 Å². The molecule has 1 atom stereocenters. The van der Waals surface area contributed by atoms with Crippen LogP contribution in [0.1, 0.15) is 32.1 Å². The SMILES string of the molecule is NC(C(=O)N1CC(F)C1)C1CCCCC1. The molecule has 2 rings (SSSR count). The van der Waals surface area contributed by atoms with Crippen LogP contribution in [0, 0.1) is 5.92 Å². The van der Waals surface area contributed by atoms with Crippen molar-refractivity contribution >= 4 is 5.91 Å². The number of nitrogens with zero attached hydrogens (tertiary/aromatic N) is 1. The number of hydrogen-bond donors (Lipinski definition) is 1. The minimum atomic E-state index is -0.826. The lowest BCUT2D eigenvalue weighted by Crippen LogP contribution is -2.58. The first-order chi connectivity index (χ1) is 7.18. The van der Waals surface area contributed by atoms with Gasteiger partial charge in [0.25, 0.3) is 0 Å². The van der Waals surface area contributed by atoms with E-state index in [9.17, 15) is 9.18 Å². The Hall–Kier alpha value is -0.640. The predicted molar refractivity (Wildman–Crippen MR) is 56.0 cm³/mol. The summed E-state index contributed by atoms with van der Waals surface area (Å²) in [7, 11) is 0. The van der Waals surface area contributed by atoms with E-state index in [1.807, 2.05) is 0 Å². The average molecular weight is 214 g/mol. The quantitative estimate of drug-likeness (QED) is 0.747. The molecule has 86 valence electrons. The highest BCUT2D eigenvalue weighted by molar-refractivity contribution is 5.82. The van der Waals surface area contributed by atoms with Gasteiger partial charge in [0.05, 0.1) is 19.1 Å². The Bertz CT molecular complexity index is 235. The number of likely N-dealkylation sites (tertiary alicyclic amines) is 1. The Balaban J connectivity index is 1.83. The van der Waals surface area contributed by atoms with Crippen LogP contribution in [0.25, 0.3) is 0 Å². The van der Waals surface area contributed by atoms with Crippen LogP contribution < -0.4 is 5.73 Å². The van der Waals surface area contributed by atoms with E-state index in [4.69, 9.17) is 5.73 Å². The Morgan fingerprint density at radius 2 is 1.87 bits per heavy atom. The topological polar surface area (TPSA) is 46.3 Å². The van der Waals surface area contributed by atoms with Gasteiger partial charge in [-0.1, -0.05) is 19.3 Å². The van der Waals surface area contributed by atoms with Crippen molar-refractivity contribution in [1.82, 2.24) is 4.90 Å². The average Bonchev–Trinajstić information content (AvgIpc) is 2.24. The van der Waals surface area contributed by atoms with Crippen LogP contribution in [0.5, 0.6) is 0 Å². The molecular weight excluding hydrogens is 195 g/mol. The van der Waals surface area contributed by atoms with Crippen LogP contribution in [-0.2, 0) is 4.79 Å². The molecule has 4 heteroatoms. The fourth-order valence-corrected chi connectivity index (χ4v) is 2.51. The summed E-state index contributed by atoms with van der Waals surface area (Å²) in [6, 6.07) is -0.391. The van der Waals surface area contributed by atoms with Gasteiger partial charge in [-0.3, -0.25) is 4.79 Å². The maximum Gasteiger partial charge on any atom is 0.239 e. The number of rotatable bonds is 2. The second-order valence-electron chi connectivity index (χ2n) is 4.76. The van der Waals surface area contributed by atoms with Crippen molar-refractivity contribution in [2.45, 2.75) is 44.3 Å². The number of hydrogen-bond acceptors (Lipinski definition) is 2. The molecule has 1 amide bonds. The summed E-state index contributed by atoms with van der Waals surface area (Å²) in [4.78, 5) is 13.3. The summed E-state index contributed by atoms with van der Waals surface area (Å²) in [5, 5.41) is 0. The fraction of sp³-hybridized carbons (Fsp3) is 0.909. The van der Waals surface area contributed by atoms with Gasteiger partial charge in [0.15, 0.2) is 0 Å². The molecule has 0 radical (unpaired) electrons. The van der Waals surface area contributed by atoms with Crippen LogP contribution in [0.3, 0.4) is 0 Å². The molecule has 0 spiro atoms. The van der Waals surface area contributed by atoms with E-state index < -0.39 is 12.2 Å². The van der Waals surface area contributed by atoms with Gasteiger partial charge in [0.2, 0.25) is 5.91 Å². The Morgan fingerprint density at radius 3 is 2.40 bits per heavy atom. The van der Waals surface area contributed by atoms with Gasteiger partial charge in [0, 0.05) is 0 Å². The molecule has 2 N–H and O–H groups in total. The maximum atomic E-state index is 12.6. The minimum absolute atomic E-state index is 0.0456. The monoisotopic (exact) mass is 214 g/mol. The van der Waals surface area contributed by atoms with Crippen LogP contribution >= 0.6 is 0 Å². The fourth-order valence-electron chi connectivity index (χ4n) is 2.51. The van der Waals surface area contributed by atoms with Gasteiger partial charge in [-0.05, 0) is 18.8 Å². The number of halogens is 1. The van der Waals surface area contributed by atoms with E-state index >= 15 is 0 Å². The molecule has 0 aromatic rings. The summed E-state index contributed by atoms with van der Waals surface area (Å²) in [6.45, 7) is 0.499. The molecule has 0 aromatic carbocycles. The van der Waals surface area contributed by atoms with Gasteiger partial charge in [-0.25, -0.2) is 4.39 Å². The molecule has 0 aromatic heterocycles. The zero-order valence-electron chi connectivity index (χ0n) is 8.99. The van der Waals surface area contributed by atoms with Crippen molar-refractivity contribution in [1.29, 1.82) is 0 Å². The van der Waals surface area contributed by atoms with Gasteiger partial charge in [0.1, 0.15) is 6.17 Å². The largest absolute Gasteiger partial charge is 0.335 e. The number of alkyl halides is 1. The molecule has 2 fully saturated rings. The summed E-state index contributed by atoms with van der Waals surface area (Å²) >= 11 is 0. The highest BCUT2D eigenvalue weighted by Crippen LogP contribution is 2.27. The van der Waals surface area contributed by atoms with Crippen LogP contribution in [-0.4, -0.2) is 36.1 Å². The normalized spacial score (nSPS) is 26.1. The van der Waals surface area contributed by atoms with E-state index in [-0.39, 0.29) is 19.0 Å². The van der Waals surface area contributed by atoms with Crippen molar-refractivity contribution in [3.63, 3.8) is 0 Å². The molecule has 1 saturated heterocycles. The molecule has 1 heterocycles. The summed E-state index contributed by atoms with van der Waals surface area (Å²) in [5.74, 6) is 0.278. The van der Waals surface area contributed by atoms with Crippen LogP contribution in [0.15, 0.2) is 0 Å². The molecule has 1 aliphatic heterocycles. The van der Waals surface area contributed by atoms with Crippen molar-refractivity contribution in [2.75, 3.05) is 13.1 Å². The number of carbonyl (C=O) groups excluding carboxylic acids is 1. The van der Waals surface area contributed by atoms with Gasteiger partial charge in [-0.15, -0.1) is 0 Å². The zero-order valence-corrected chi connectivity index (χ0v) is 8.99. The Morgan fingerprint density at radius 1 is 1.27 bits per heavy atom. The lowest BCUT2D eigenvalue weighted by Gasteiger charge is -2.38. The molecular formula is C11H19FN2O. The molecule has 1 saturated carbocycles. The smallest absolute Gasteiger partial charge is 0.239 e. The summed E-state index contributed by atoms with van der Waals surface area (Å²) < 4.78 is 12.6. The first-order valence-electron chi connectivity index (χ1n) is 5.87. The number of nitrogens with two attached hydrogens (primary N) is 1. The third-order valence-electron chi connectivity index (χ3n) is 3.59.